The molecule has 7 heteroatoms. The zero-order valence-corrected chi connectivity index (χ0v) is 17.5. The lowest BCUT2D eigenvalue weighted by Gasteiger charge is -2.35. The van der Waals surface area contributed by atoms with Crippen LogP contribution >= 0.6 is 11.3 Å². The predicted molar refractivity (Wildman–Crippen MR) is 114 cm³/mol. The number of urea groups is 1. The molecule has 2 aromatic heterocycles. The molecule has 0 unspecified atom stereocenters. The van der Waals surface area contributed by atoms with Crippen LogP contribution in [0, 0.1) is 6.92 Å². The molecule has 1 N–H and O–H groups in total. The third-order valence-electron chi connectivity index (χ3n) is 5.03. The zero-order valence-electron chi connectivity index (χ0n) is 16.7. The standard InChI is InChI=1S/C21H27N5OS/c1-15(2)22-20(27)25-11-9-24(10-12-25)14-18-19(17-7-5-4-6-8-17)23-21-26(18)13-16(3)28-21/h4-8,13,15H,9-12,14H2,1-3H3,(H,22,27). The van der Waals surface area contributed by atoms with Crippen molar-refractivity contribution in [1.29, 1.82) is 0 Å². The summed E-state index contributed by atoms with van der Waals surface area (Å²) in [6, 6.07) is 10.6. The van der Waals surface area contributed by atoms with Gasteiger partial charge in [0.2, 0.25) is 0 Å². The van der Waals surface area contributed by atoms with Crippen molar-refractivity contribution in [3.05, 3.63) is 47.1 Å². The maximum Gasteiger partial charge on any atom is 0.317 e. The number of amides is 2. The Hall–Kier alpha value is -2.38. The van der Waals surface area contributed by atoms with Gasteiger partial charge in [-0.15, -0.1) is 11.3 Å². The number of carbonyl (C=O) groups is 1. The average Bonchev–Trinajstić information content (AvgIpc) is 3.19. The number of hydrogen-bond acceptors (Lipinski definition) is 4. The Bertz CT molecular complexity index is 954. The monoisotopic (exact) mass is 397 g/mol. The lowest BCUT2D eigenvalue weighted by Crippen LogP contribution is -2.52. The van der Waals surface area contributed by atoms with E-state index in [9.17, 15) is 4.79 Å². The van der Waals surface area contributed by atoms with E-state index in [2.05, 4.69) is 52.0 Å². The number of piperazine rings is 1. The van der Waals surface area contributed by atoms with Gasteiger partial charge in [0.05, 0.1) is 11.4 Å². The van der Waals surface area contributed by atoms with Crippen molar-refractivity contribution in [3.63, 3.8) is 0 Å². The van der Waals surface area contributed by atoms with Crippen LogP contribution in [0.2, 0.25) is 0 Å². The molecule has 1 aliphatic heterocycles. The van der Waals surface area contributed by atoms with E-state index in [-0.39, 0.29) is 12.1 Å². The van der Waals surface area contributed by atoms with Crippen molar-refractivity contribution in [3.8, 4) is 11.3 Å². The number of nitrogens with zero attached hydrogens (tertiary/aromatic N) is 4. The average molecular weight is 398 g/mol. The van der Waals surface area contributed by atoms with Crippen molar-refractivity contribution < 1.29 is 4.79 Å². The number of carbonyl (C=O) groups excluding carboxylic acids is 1. The van der Waals surface area contributed by atoms with Gasteiger partial charge >= 0.3 is 6.03 Å². The minimum absolute atomic E-state index is 0.0415. The van der Waals surface area contributed by atoms with Crippen LogP contribution in [0.15, 0.2) is 36.5 Å². The topological polar surface area (TPSA) is 52.9 Å². The summed E-state index contributed by atoms with van der Waals surface area (Å²) in [5.74, 6) is 0. The lowest BCUT2D eigenvalue weighted by atomic mass is 10.1. The molecule has 6 nitrogen and oxygen atoms in total. The normalized spacial score (nSPS) is 15.5. The van der Waals surface area contributed by atoms with Gasteiger partial charge in [0.15, 0.2) is 4.96 Å². The van der Waals surface area contributed by atoms with Gasteiger partial charge in [-0.2, -0.15) is 0 Å². The molecule has 3 heterocycles. The molecule has 3 aromatic rings. The fourth-order valence-electron chi connectivity index (χ4n) is 3.64. The quantitative estimate of drug-likeness (QED) is 0.732. The second-order valence-electron chi connectivity index (χ2n) is 7.63. The van der Waals surface area contributed by atoms with Crippen LogP contribution in [-0.4, -0.2) is 57.4 Å². The van der Waals surface area contributed by atoms with Crippen LogP contribution in [0.5, 0.6) is 0 Å². The van der Waals surface area contributed by atoms with E-state index in [0.29, 0.717) is 0 Å². The molecule has 0 spiro atoms. The fourth-order valence-corrected chi connectivity index (χ4v) is 4.48. The summed E-state index contributed by atoms with van der Waals surface area (Å²) >= 11 is 1.73. The van der Waals surface area contributed by atoms with Gasteiger partial charge in [0.25, 0.3) is 0 Å². The van der Waals surface area contributed by atoms with Gasteiger partial charge in [-0.05, 0) is 20.8 Å². The first-order chi connectivity index (χ1) is 13.5. The molecule has 2 amide bonds. The first-order valence-electron chi connectivity index (χ1n) is 9.82. The van der Waals surface area contributed by atoms with Gasteiger partial charge < -0.3 is 10.2 Å². The van der Waals surface area contributed by atoms with E-state index >= 15 is 0 Å². The molecule has 1 aliphatic rings. The molecule has 1 fully saturated rings. The van der Waals surface area contributed by atoms with E-state index in [4.69, 9.17) is 4.98 Å². The summed E-state index contributed by atoms with van der Waals surface area (Å²) in [6.45, 7) is 10.2. The second kappa shape index (κ2) is 7.93. The van der Waals surface area contributed by atoms with E-state index in [1.165, 1.54) is 10.6 Å². The first-order valence-corrected chi connectivity index (χ1v) is 10.6. The SMILES string of the molecule is Cc1cn2c(CN3CCN(C(=O)NC(C)C)CC3)c(-c3ccccc3)nc2s1. The van der Waals surface area contributed by atoms with Crippen molar-refractivity contribution in [2.24, 2.45) is 0 Å². The number of rotatable bonds is 4. The highest BCUT2D eigenvalue weighted by atomic mass is 32.1. The molecule has 28 heavy (non-hydrogen) atoms. The Balaban J connectivity index is 1.53. The molecular weight excluding hydrogens is 370 g/mol. The van der Waals surface area contributed by atoms with Gasteiger partial charge in [0, 0.05) is 55.4 Å². The van der Waals surface area contributed by atoms with Crippen LogP contribution in [0.25, 0.3) is 16.2 Å². The lowest BCUT2D eigenvalue weighted by molar-refractivity contribution is 0.133. The van der Waals surface area contributed by atoms with E-state index in [1.54, 1.807) is 11.3 Å². The van der Waals surface area contributed by atoms with Crippen LogP contribution in [0.3, 0.4) is 0 Å². The summed E-state index contributed by atoms with van der Waals surface area (Å²) in [4.78, 5) is 23.8. The Morgan fingerprint density at radius 3 is 2.57 bits per heavy atom. The Morgan fingerprint density at radius 2 is 1.89 bits per heavy atom. The molecule has 0 atom stereocenters. The molecule has 0 radical (unpaired) electrons. The van der Waals surface area contributed by atoms with Crippen LogP contribution in [-0.2, 0) is 6.54 Å². The first kappa shape index (κ1) is 19.0. The maximum atomic E-state index is 12.2. The highest BCUT2D eigenvalue weighted by molar-refractivity contribution is 7.17. The number of aryl methyl sites for hydroxylation is 1. The number of nitrogens with one attached hydrogen (secondary N) is 1. The third-order valence-corrected chi connectivity index (χ3v) is 5.93. The predicted octanol–water partition coefficient (Wildman–Crippen LogP) is 3.61. The van der Waals surface area contributed by atoms with Crippen molar-refractivity contribution >= 4 is 22.3 Å². The molecule has 0 aliphatic carbocycles. The summed E-state index contributed by atoms with van der Waals surface area (Å²) < 4.78 is 2.24. The van der Waals surface area contributed by atoms with Crippen LogP contribution < -0.4 is 5.32 Å². The molecule has 1 aromatic carbocycles. The number of benzene rings is 1. The number of aromatic nitrogens is 2. The summed E-state index contributed by atoms with van der Waals surface area (Å²) in [7, 11) is 0. The Labute approximate surface area is 169 Å². The van der Waals surface area contributed by atoms with E-state index < -0.39 is 0 Å². The minimum Gasteiger partial charge on any atom is -0.336 e. The van der Waals surface area contributed by atoms with Gasteiger partial charge in [-0.1, -0.05) is 30.3 Å². The Kier molecular flexibility index (Phi) is 5.37. The highest BCUT2D eigenvalue weighted by Crippen LogP contribution is 2.29. The highest BCUT2D eigenvalue weighted by Gasteiger charge is 2.24. The van der Waals surface area contributed by atoms with Crippen LogP contribution in [0.4, 0.5) is 4.79 Å². The molecule has 4 rings (SSSR count). The molecule has 148 valence electrons. The summed E-state index contributed by atoms with van der Waals surface area (Å²) in [5.41, 5.74) is 3.44. The molecular formula is C21H27N5OS. The number of hydrogen-bond donors (Lipinski definition) is 1. The van der Waals surface area contributed by atoms with E-state index in [0.717, 1.165) is 48.9 Å². The largest absolute Gasteiger partial charge is 0.336 e. The van der Waals surface area contributed by atoms with Crippen LogP contribution in [0.1, 0.15) is 24.4 Å². The summed E-state index contributed by atoms with van der Waals surface area (Å²) in [6.07, 6.45) is 2.18. The van der Waals surface area contributed by atoms with E-state index in [1.807, 2.05) is 24.8 Å². The van der Waals surface area contributed by atoms with Crippen molar-refractivity contribution in [1.82, 2.24) is 24.5 Å². The smallest absolute Gasteiger partial charge is 0.317 e. The summed E-state index contributed by atoms with van der Waals surface area (Å²) in [5, 5.41) is 2.99. The minimum atomic E-state index is 0.0415. The fraction of sp³-hybridized carbons (Fsp3) is 0.429. The Morgan fingerprint density at radius 1 is 1.18 bits per heavy atom. The van der Waals surface area contributed by atoms with Gasteiger partial charge in [-0.3, -0.25) is 9.30 Å². The third kappa shape index (κ3) is 3.91. The number of imidazole rings is 1. The molecule has 1 saturated heterocycles. The van der Waals surface area contributed by atoms with Gasteiger partial charge in [-0.25, -0.2) is 9.78 Å². The second-order valence-corrected chi connectivity index (χ2v) is 8.85. The molecule has 0 bridgehead atoms. The maximum absolute atomic E-state index is 12.2. The van der Waals surface area contributed by atoms with Crippen molar-refractivity contribution in [2.75, 3.05) is 26.2 Å². The number of fused-ring (bicyclic) bond motifs is 1. The van der Waals surface area contributed by atoms with Crippen molar-refractivity contribution in [2.45, 2.75) is 33.4 Å². The molecule has 0 saturated carbocycles. The number of thiazole rings is 1. The van der Waals surface area contributed by atoms with Gasteiger partial charge in [0.1, 0.15) is 0 Å². The zero-order chi connectivity index (χ0) is 19.7.